The number of aromatic nitrogens is 3. The molecule has 1 aromatic carbocycles. The Balaban J connectivity index is 1.93. The van der Waals surface area contributed by atoms with Crippen LogP contribution in [-0.2, 0) is 0 Å². The molecule has 0 bridgehead atoms. The minimum Gasteiger partial charge on any atom is -0.255 e. The summed E-state index contributed by atoms with van der Waals surface area (Å²) in [6.45, 7) is 1.95. The molecule has 2 aromatic heterocycles. The number of benzene rings is 1. The number of hydrogen-bond donors (Lipinski definition) is 0. The lowest BCUT2D eigenvalue weighted by atomic mass is 10.1. The summed E-state index contributed by atoms with van der Waals surface area (Å²) >= 11 is 5.88. The topological polar surface area (TPSA) is 38.7 Å². The predicted octanol–water partition coefficient (Wildman–Crippen LogP) is 4.17. The Morgan fingerprint density at radius 1 is 0.850 bits per heavy atom. The molecule has 20 heavy (non-hydrogen) atoms. The molecular formula is C16H12ClN3. The molecule has 3 aromatic rings. The van der Waals surface area contributed by atoms with Gasteiger partial charge < -0.3 is 0 Å². The molecule has 2 heterocycles. The van der Waals surface area contributed by atoms with Gasteiger partial charge in [0.25, 0.3) is 0 Å². The summed E-state index contributed by atoms with van der Waals surface area (Å²) in [6.07, 6.45) is 3.55. The van der Waals surface area contributed by atoms with Crippen LogP contribution in [-0.4, -0.2) is 15.0 Å². The molecular weight excluding hydrogens is 270 g/mol. The summed E-state index contributed by atoms with van der Waals surface area (Å²) in [6, 6.07) is 13.4. The molecule has 98 valence electrons. The van der Waals surface area contributed by atoms with Crippen LogP contribution in [0.4, 0.5) is 0 Å². The van der Waals surface area contributed by atoms with Gasteiger partial charge in [0.1, 0.15) is 0 Å². The van der Waals surface area contributed by atoms with E-state index in [0.717, 1.165) is 27.5 Å². The van der Waals surface area contributed by atoms with Crippen molar-refractivity contribution in [2.24, 2.45) is 0 Å². The molecule has 3 nitrogen and oxygen atoms in total. The number of rotatable bonds is 2. The second-order valence-electron chi connectivity index (χ2n) is 4.46. The zero-order valence-electron chi connectivity index (χ0n) is 10.9. The lowest BCUT2D eigenvalue weighted by Crippen LogP contribution is -1.92. The molecule has 0 spiro atoms. The van der Waals surface area contributed by atoms with Crippen molar-refractivity contribution < 1.29 is 0 Å². The van der Waals surface area contributed by atoms with Gasteiger partial charge in [0.05, 0.1) is 5.69 Å². The van der Waals surface area contributed by atoms with Gasteiger partial charge >= 0.3 is 0 Å². The van der Waals surface area contributed by atoms with Crippen molar-refractivity contribution >= 4 is 11.6 Å². The van der Waals surface area contributed by atoms with Crippen LogP contribution >= 0.6 is 11.6 Å². The largest absolute Gasteiger partial charge is 0.255 e. The summed E-state index contributed by atoms with van der Waals surface area (Å²) in [4.78, 5) is 13.1. The van der Waals surface area contributed by atoms with E-state index in [1.54, 1.807) is 12.4 Å². The van der Waals surface area contributed by atoms with Gasteiger partial charge in [-0.1, -0.05) is 23.7 Å². The van der Waals surface area contributed by atoms with E-state index in [4.69, 9.17) is 11.6 Å². The Hall–Kier alpha value is -2.26. The van der Waals surface area contributed by atoms with Gasteiger partial charge in [-0.05, 0) is 37.3 Å². The Morgan fingerprint density at radius 3 is 2.25 bits per heavy atom. The maximum Gasteiger partial charge on any atom is 0.160 e. The Labute approximate surface area is 122 Å². The van der Waals surface area contributed by atoms with Crippen molar-refractivity contribution in [3.8, 4) is 22.6 Å². The van der Waals surface area contributed by atoms with Gasteiger partial charge in [0.15, 0.2) is 5.82 Å². The first-order valence-corrected chi connectivity index (χ1v) is 6.62. The fourth-order valence-electron chi connectivity index (χ4n) is 1.91. The Bertz CT molecular complexity index is 721. The van der Waals surface area contributed by atoms with E-state index < -0.39 is 0 Å². The standard InChI is InChI=1S/C16H12ClN3/c1-11-8-9-18-16(20-11)13-4-7-15(19-10-13)12-2-5-14(17)6-3-12/h2-10H,1H3. The molecule has 0 amide bonds. The quantitative estimate of drug-likeness (QED) is 0.708. The highest BCUT2D eigenvalue weighted by Crippen LogP contribution is 2.21. The average molecular weight is 282 g/mol. The molecule has 0 aliphatic rings. The third-order valence-corrected chi connectivity index (χ3v) is 3.21. The van der Waals surface area contributed by atoms with Gasteiger partial charge in [-0.15, -0.1) is 0 Å². The number of nitrogens with zero attached hydrogens (tertiary/aromatic N) is 3. The van der Waals surface area contributed by atoms with E-state index in [9.17, 15) is 0 Å². The summed E-state index contributed by atoms with van der Waals surface area (Å²) in [7, 11) is 0. The summed E-state index contributed by atoms with van der Waals surface area (Å²) in [5.41, 5.74) is 3.78. The third-order valence-electron chi connectivity index (χ3n) is 2.96. The van der Waals surface area contributed by atoms with E-state index in [-0.39, 0.29) is 0 Å². The van der Waals surface area contributed by atoms with Gasteiger partial charge in [0.2, 0.25) is 0 Å². The maximum atomic E-state index is 5.88. The SMILES string of the molecule is Cc1ccnc(-c2ccc(-c3ccc(Cl)cc3)nc2)n1. The van der Waals surface area contributed by atoms with Crippen LogP contribution in [0.3, 0.4) is 0 Å². The van der Waals surface area contributed by atoms with Gasteiger partial charge in [-0.3, -0.25) is 4.98 Å². The maximum absolute atomic E-state index is 5.88. The van der Waals surface area contributed by atoms with Crippen molar-refractivity contribution in [1.29, 1.82) is 0 Å². The Morgan fingerprint density at radius 2 is 1.60 bits per heavy atom. The molecule has 0 unspecified atom stereocenters. The van der Waals surface area contributed by atoms with Gasteiger partial charge in [-0.25, -0.2) is 9.97 Å². The second-order valence-corrected chi connectivity index (χ2v) is 4.90. The summed E-state index contributed by atoms with van der Waals surface area (Å²) < 4.78 is 0. The fraction of sp³-hybridized carbons (Fsp3) is 0.0625. The van der Waals surface area contributed by atoms with E-state index in [1.165, 1.54) is 0 Å². The van der Waals surface area contributed by atoms with Gasteiger partial charge in [0, 0.05) is 34.2 Å². The zero-order chi connectivity index (χ0) is 13.9. The molecule has 0 N–H and O–H groups in total. The average Bonchev–Trinajstić information content (AvgIpc) is 2.48. The molecule has 0 fully saturated rings. The zero-order valence-corrected chi connectivity index (χ0v) is 11.7. The van der Waals surface area contributed by atoms with E-state index >= 15 is 0 Å². The predicted molar refractivity (Wildman–Crippen MR) is 80.4 cm³/mol. The summed E-state index contributed by atoms with van der Waals surface area (Å²) in [5, 5.41) is 0.721. The smallest absolute Gasteiger partial charge is 0.160 e. The molecule has 4 heteroatoms. The molecule has 3 rings (SSSR count). The number of halogens is 1. The van der Waals surface area contributed by atoms with Crippen LogP contribution in [0, 0.1) is 6.92 Å². The van der Waals surface area contributed by atoms with E-state index in [2.05, 4.69) is 15.0 Å². The minimum absolute atomic E-state index is 0.695. The van der Waals surface area contributed by atoms with Crippen LogP contribution in [0.1, 0.15) is 5.69 Å². The number of aryl methyl sites for hydroxylation is 1. The highest BCUT2D eigenvalue weighted by molar-refractivity contribution is 6.30. The van der Waals surface area contributed by atoms with E-state index in [1.807, 2.05) is 49.4 Å². The van der Waals surface area contributed by atoms with Crippen molar-refractivity contribution in [2.75, 3.05) is 0 Å². The number of hydrogen-bond acceptors (Lipinski definition) is 3. The fourth-order valence-corrected chi connectivity index (χ4v) is 2.03. The first-order valence-electron chi connectivity index (χ1n) is 6.24. The van der Waals surface area contributed by atoms with Crippen LogP contribution in [0.5, 0.6) is 0 Å². The van der Waals surface area contributed by atoms with Crippen LogP contribution < -0.4 is 0 Å². The van der Waals surface area contributed by atoms with Crippen molar-refractivity contribution in [2.45, 2.75) is 6.92 Å². The minimum atomic E-state index is 0.695. The number of pyridine rings is 1. The van der Waals surface area contributed by atoms with Crippen molar-refractivity contribution in [3.63, 3.8) is 0 Å². The highest BCUT2D eigenvalue weighted by Gasteiger charge is 2.04. The van der Waals surface area contributed by atoms with Crippen molar-refractivity contribution in [1.82, 2.24) is 15.0 Å². The van der Waals surface area contributed by atoms with Crippen LogP contribution in [0.15, 0.2) is 54.9 Å². The molecule has 0 saturated carbocycles. The first-order chi connectivity index (χ1) is 9.72. The van der Waals surface area contributed by atoms with Crippen molar-refractivity contribution in [3.05, 3.63) is 65.6 Å². The normalized spacial score (nSPS) is 10.5. The molecule has 0 radical (unpaired) electrons. The van der Waals surface area contributed by atoms with Gasteiger partial charge in [-0.2, -0.15) is 0 Å². The van der Waals surface area contributed by atoms with Crippen LogP contribution in [0.25, 0.3) is 22.6 Å². The first kappa shape index (κ1) is 12.8. The molecule has 0 aliphatic heterocycles. The molecule has 0 saturated heterocycles. The molecule has 0 aliphatic carbocycles. The monoisotopic (exact) mass is 281 g/mol. The molecule has 0 atom stereocenters. The Kier molecular flexibility index (Phi) is 3.44. The van der Waals surface area contributed by atoms with Crippen LogP contribution in [0.2, 0.25) is 5.02 Å². The second kappa shape index (κ2) is 5.39. The lowest BCUT2D eigenvalue weighted by Gasteiger charge is -2.03. The summed E-state index contributed by atoms with van der Waals surface area (Å²) in [5.74, 6) is 0.695. The highest BCUT2D eigenvalue weighted by atomic mass is 35.5. The lowest BCUT2D eigenvalue weighted by molar-refractivity contribution is 1.11. The third kappa shape index (κ3) is 2.68. The van der Waals surface area contributed by atoms with E-state index in [0.29, 0.717) is 5.82 Å².